The maximum Gasteiger partial charge on any atom is 0.149 e. The largest absolute Gasteiger partial charge is 0.507 e. The Bertz CT molecular complexity index is 2440. The van der Waals surface area contributed by atoms with E-state index in [-0.39, 0.29) is 5.75 Å². The Morgan fingerprint density at radius 3 is 1.88 bits per heavy atom. The predicted octanol–water partition coefficient (Wildman–Crippen LogP) is 11.3. The summed E-state index contributed by atoms with van der Waals surface area (Å²) >= 11 is 0. The summed E-state index contributed by atoms with van der Waals surface area (Å²) < 4.78 is 4.51. The van der Waals surface area contributed by atoms with Crippen LogP contribution in [0.3, 0.4) is 0 Å². The SMILES string of the molecule is CC(C)c1cccc(C(C)C)c1-n1c(-c2cccc(-c3cccc4c3nc(-c3ccccc3O)n4-c3ccccc3)c2)nc2ccccc21. The van der Waals surface area contributed by atoms with E-state index in [0.29, 0.717) is 23.2 Å². The van der Waals surface area contributed by atoms with Crippen molar-refractivity contribution in [2.75, 3.05) is 0 Å². The van der Waals surface area contributed by atoms with Gasteiger partial charge in [-0.15, -0.1) is 0 Å². The standard InChI is InChI=1S/C44H38N4O/c1-28(2)33-20-13-21-34(29(3)4)42(33)48-38-24-10-9-23-37(38)45-43(48)31-16-12-15-30(27-31)35-22-14-25-39-41(35)46-44(36-19-8-11-26-40(36)49)47(39)32-17-6-5-7-18-32/h5-29,49H,1-4H3. The molecule has 8 rings (SSSR count). The van der Waals surface area contributed by atoms with Gasteiger partial charge in [0.2, 0.25) is 0 Å². The lowest BCUT2D eigenvalue weighted by Gasteiger charge is -2.22. The first-order valence-corrected chi connectivity index (χ1v) is 17.0. The van der Waals surface area contributed by atoms with Gasteiger partial charge in [0.05, 0.1) is 33.3 Å². The van der Waals surface area contributed by atoms with Crippen LogP contribution in [0.15, 0.2) is 140 Å². The molecule has 0 atom stereocenters. The zero-order valence-corrected chi connectivity index (χ0v) is 28.2. The highest BCUT2D eigenvalue weighted by molar-refractivity contribution is 5.96. The van der Waals surface area contributed by atoms with Crippen molar-refractivity contribution in [2.45, 2.75) is 39.5 Å². The van der Waals surface area contributed by atoms with Crippen LogP contribution in [0.2, 0.25) is 0 Å². The van der Waals surface area contributed by atoms with Gasteiger partial charge >= 0.3 is 0 Å². The maximum absolute atomic E-state index is 10.9. The van der Waals surface area contributed by atoms with Gasteiger partial charge < -0.3 is 5.11 Å². The number of phenols is 1. The number of hydrogen-bond acceptors (Lipinski definition) is 3. The molecule has 8 aromatic rings. The molecule has 0 bridgehead atoms. The second-order valence-corrected chi connectivity index (χ2v) is 13.2. The molecule has 5 nitrogen and oxygen atoms in total. The number of nitrogens with zero attached hydrogens (tertiary/aromatic N) is 4. The van der Waals surface area contributed by atoms with Gasteiger partial charge in [-0.1, -0.05) is 119 Å². The van der Waals surface area contributed by atoms with Crippen LogP contribution >= 0.6 is 0 Å². The summed E-state index contributed by atoms with van der Waals surface area (Å²) in [5, 5.41) is 10.9. The molecule has 240 valence electrons. The van der Waals surface area contributed by atoms with Gasteiger partial charge in [-0.2, -0.15) is 0 Å². The Morgan fingerprint density at radius 2 is 1.12 bits per heavy atom. The van der Waals surface area contributed by atoms with E-state index < -0.39 is 0 Å². The average Bonchev–Trinajstić information content (AvgIpc) is 3.71. The Kier molecular flexibility index (Phi) is 7.60. The van der Waals surface area contributed by atoms with Crippen LogP contribution in [0.25, 0.3) is 67.3 Å². The van der Waals surface area contributed by atoms with E-state index in [4.69, 9.17) is 9.97 Å². The topological polar surface area (TPSA) is 55.9 Å². The van der Waals surface area contributed by atoms with Gasteiger partial charge in [0, 0.05) is 16.8 Å². The maximum atomic E-state index is 10.9. The fraction of sp³-hybridized carbons (Fsp3) is 0.136. The molecule has 2 aromatic heterocycles. The highest BCUT2D eigenvalue weighted by atomic mass is 16.3. The fourth-order valence-electron chi connectivity index (χ4n) is 7.06. The number of aromatic nitrogens is 4. The molecule has 0 aliphatic carbocycles. The van der Waals surface area contributed by atoms with E-state index in [0.717, 1.165) is 50.3 Å². The van der Waals surface area contributed by atoms with Crippen molar-refractivity contribution < 1.29 is 5.11 Å². The minimum atomic E-state index is 0.194. The van der Waals surface area contributed by atoms with Gasteiger partial charge in [-0.3, -0.25) is 9.13 Å². The van der Waals surface area contributed by atoms with Crippen molar-refractivity contribution in [3.63, 3.8) is 0 Å². The molecule has 0 radical (unpaired) electrons. The minimum Gasteiger partial charge on any atom is -0.507 e. The van der Waals surface area contributed by atoms with E-state index in [1.807, 2.05) is 36.4 Å². The van der Waals surface area contributed by atoms with Crippen LogP contribution in [0.1, 0.15) is 50.7 Å². The van der Waals surface area contributed by atoms with Crippen molar-refractivity contribution in [3.05, 3.63) is 151 Å². The highest BCUT2D eigenvalue weighted by Gasteiger charge is 2.23. The van der Waals surface area contributed by atoms with Gasteiger partial charge in [-0.05, 0) is 77.1 Å². The smallest absolute Gasteiger partial charge is 0.149 e. The molecular weight excluding hydrogens is 601 g/mol. The Morgan fingerprint density at radius 1 is 0.510 bits per heavy atom. The molecule has 5 heteroatoms. The molecule has 0 amide bonds. The lowest BCUT2D eigenvalue weighted by atomic mass is 9.92. The molecule has 1 N–H and O–H groups in total. The number of para-hydroxylation sites is 6. The van der Waals surface area contributed by atoms with Crippen molar-refractivity contribution in [3.8, 4) is 51.0 Å². The molecular formula is C44H38N4O. The normalized spacial score (nSPS) is 11.7. The van der Waals surface area contributed by atoms with Crippen LogP contribution < -0.4 is 0 Å². The summed E-state index contributed by atoms with van der Waals surface area (Å²) in [7, 11) is 0. The summed E-state index contributed by atoms with van der Waals surface area (Å²) in [4.78, 5) is 10.5. The molecule has 0 unspecified atom stereocenters. The molecule has 0 aliphatic rings. The van der Waals surface area contributed by atoms with E-state index in [9.17, 15) is 5.11 Å². The fourth-order valence-corrected chi connectivity index (χ4v) is 7.06. The number of fused-ring (bicyclic) bond motifs is 2. The number of hydrogen-bond donors (Lipinski definition) is 1. The molecule has 49 heavy (non-hydrogen) atoms. The monoisotopic (exact) mass is 638 g/mol. The number of aromatic hydroxyl groups is 1. The van der Waals surface area contributed by atoms with Gasteiger partial charge in [-0.25, -0.2) is 9.97 Å². The van der Waals surface area contributed by atoms with Crippen LogP contribution in [0, 0.1) is 0 Å². The third-order valence-corrected chi connectivity index (χ3v) is 9.40. The second-order valence-electron chi connectivity index (χ2n) is 13.2. The Hall–Kier alpha value is -5.94. The third kappa shape index (κ3) is 5.19. The summed E-state index contributed by atoms with van der Waals surface area (Å²) in [6, 6.07) is 47.7. The van der Waals surface area contributed by atoms with E-state index in [1.165, 1.54) is 16.8 Å². The second kappa shape index (κ2) is 12.3. The quantitative estimate of drug-likeness (QED) is 0.189. The molecule has 6 aromatic carbocycles. The molecule has 0 saturated heterocycles. The zero-order chi connectivity index (χ0) is 33.6. The Balaban J connectivity index is 1.37. The van der Waals surface area contributed by atoms with E-state index in [1.54, 1.807) is 6.07 Å². The number of benzene rings is 6. The van der Waals surface area contributed by atoms with Crippen LogP contribution in [-0.4, -0.2) is 24.2 Å². The lowest BCUT2D eigenvalue weighted by molar-refractivity contribution is 0.477. The number of imidazole rings is 2. The predicted molar refractivity (Wildman–Crippen MR) is 202 cm³/mol. The Labute approximate surface area is 286 Å². The molecule has 0 spiro atoms. The van der Waals surface area contributed by atoms with Crippen LogP contribution in [0.5, 0.6) is 5.75 Å². The van der Waals surface area contributed by atoms with Crippen molar-refractivity contribution >= 4 is 22.1 Å². The number of phenolic OH excluding ortho intramolecular Hbond substituents is 1. The zero-order valence-electron chi connectivity index (χ0n) is 28.2. The van der Waals surface area contributed by atoms with Gasteiger partial charge in [0.1, 0.15) is 17.4 Å². The van der Waals surface area contributed by atoms with Gasteiger partial charge in [0.25, 0.3) is 0 Å². The summed E-state index contributed by atoms with van der Waals surface area (Å²) in [6.07, 6.45) is 0. The summed E-state index contributed by atoms with van der Waals surface area (Å²) in [6.45, 7) is 9.06. The minimum absolute atomic E-state index is 0.194. The number of rotatable bonds is 7. The van der Waals surface area contributed by atoms with E-state index >= 15 is 0 Å². The van der Waals surface area contributed by atoms with E-state index in [2.05, 4.69) is 134 Å². The third-order valence-electron chi connectivity index (χ3n) is 9.40. The first-order valence-electron chi connectivity index (χ1n) is 17.0. The molecule has 0 fully saturated rings. The molecule has 0 aliphatic heterocycles. The van der Waals surface area contributed by atoms with Crippen LogP contribution in [-0.2, 0) is 0 Å². The van der Waals surface area contributed by atoms with Crippen molar-refractivity contribution in [1.29, 1.82) is 0 Å². The lowest BCUT2D eigenvalue weighted by Crippen LogP contribution is -2.08. The van der Waals surface area contributed by atoms with Crippen LogP contribution in [0.4, 0.5) is 0 Å². The average molecular weight is 639 g/mol. The molecule has 0 saturated carbocycles. The summed E-state index contributed by atoms with van der Waals surface area (Å²) in [5.41, 5.74) is 12.5. The van der Waals surface area contributed by atoms with Crippen molar-refractivity contribution in [1.82, 2.24) is 19.1 Å². The first-order chi connectivity index (χ1) is 23.9. The first kappa shape index (κ1) is 30.4. The van der Waals surface area contributed by atoms with Crippen molar-refractivity contribution in [2.24, 2.45) is 0 Å². The van der Waals surface area contributed by atoms with Gasteiger partial charge in [0.15, 0.2) is 0 Å². The molecule has 2 heterocycles. The highest BCUT2D eigenvalue weighted by Crippen LogP contribution is 2.40. The summed E-state index contributed by atoms with van der Waals surface area (Å²) in [5.74, 6) is 2.47.